The van der Waals surface area contributed by atoms with E-state index in [0.717, 1.165) is 16.9 Å². The van der Waals surface area contributed by atoms with Gasteiger partial charge >= 0.3 is 6.61 Å². The molecule has 0 aliphatic rings. The number of nitrogens with one attached hydrogen (secondary N) is 1. The van der Waals surface area contributed by atoms with Crippen LogP contribution in [0.2, 0.25) is 0 Å². The normalized spacial score (nSPS) is 11.8. The molecule has 2 rings (SSSR count). The maximum absolute atomic E-state index is 12.3. The quantitative estimate of drug-likeness (QED) is 0.617. The molecule has 4 nitrogen and oxygen atoms in total. The second-order valence-electron chi connectivity index (χ2n) is 5.81. The van der Waals surface area contributed by atoms with Crippen LogP contribution in [-0.2, 0) is 6.54 Å². The summed E-state index contributed by atoms with van der Waals surface area (Å²) in [5, 5.41) is 11.9. The maximum atomic E-state index is 12.3. The molecule has 138 valence electrons. The van der Waals surface area contributed by atoms with E-state index in [0.29, 0.717) is 26.0 Å². The first-order chi connectivity index (χ1) is 12.6. The van der Waals surface area contributed by atoms with Crippen LogP contribution in [-0.4, -0.2) is 13.2 Å². The van der Waals surface area contributed by atoms with Gasteiger partial charge in [0.1, 0.15) is 11.5 Å². The molecule has 0 aromatic heterocycles. The van der Waals surface area contributed by atoms with Crippen LogP contribution in [0.3, 0.4) is 0 Å². The number of alkyl halides is 2. The third-order valence-electron chi connectivity index (χ3n) is 3.80. The van der Waals surface area contributed by atoms with Gasteiger partial charge in [-0.1, -0.05) is 24.3 Å². The zero-order valence-electron chi connectivity index (χ0n) is 14.6. The van der Waals surface area contributed by atoms with Crippen LogP contribution in [0.4, 0.5) is 8.78 Å². The van der Waals surface area contributed by atoms with Crippen LogP contribution in [0.15, 0.2) is 48.5 Å². The van der Waals surface area contributed by atoms with Crippen molar-refractivity contribution in [2.24, 2.45) is 0 Å². The number of unbranched alkanes of at least 4 members (excludes halogenated alkanes) is 1. The summed E-state index contributed by atoms with van der Waals surface area (Å²) in [4.78, 5) is 0. The summed E-state index contributed by atoms with van der Waals surface area (Å²) in [6.07, 6.45) is 1.18. The van der Waals surface area contributed by atoms with Gasteiger partial charge in [-0.15, -0.1) is 0 Å². The van der Waals surface area contributed by atoms with Crippen molar-refractivity contribution in [3.63, 3.8) is 0 Å². The second kappa shape index (κ2) is 10.4. The Labute approximate surface area is 152 Å². The second-order valence-corrected chi connectivity index (χ2v) is 5.81. The monoisotopic (exact) mass is 360 g/mol. The predicted molar refractivity (Wildman–Crippen MR) is 95.1 cm³/mol. The largest absolute Gasteiger partial charge is 0.494 e. The lowest BCUT2D eigenvalue weighted by Gasteiger charge is -2.16. The molecule has 0 spiro atoms. The predicted octanol–water partition coefficient (Wildman–Crippen LogP) is 4.82. The fraction of sp³-hybridized carbons (Fsp3) is 0.350. The number of hydrogen-bond acceptors (Lipinski definition) is 4. The summed E-state index contributed by atoms with van der Waals surface area (Å²) >= 11 is 0. The number of benzene rings is 2. The average molecular weight is 360 g/mol. The van der Waals surface area contributed by atoms with Gasteiger partial charge in [-0.3, -0.25) is 0 Å². The molecule has 0 saturated heterocycles. The van der Waals surface area contributed by atoms with E-state index in [1.54, 1.807) is 12.1 Å². The van der Waals surface area contributed by atoms with Gasteiger partial charge in [-0.05, 0) is 48.7 Å². The number of ether oxygens (including phenoxy) is 2. The zero-order chi connectivity index (χ0) is 18.8. The fourth-order valence-corrected chi connectivity index (χ4v) is 2.44. The molecule has 2 aromatic rings. The Hall–Kier alpha value is -2.65. The van der Waals surface area contributed by atoms with Crippen LogP contribution < -0.4 is 14.8 Å². The highest BCUT2D eigenvalue weighted by Gasteiger charge is 2.09. The van der Waals surface area contributed by atoms with Crippen molar-refractivity contribution in [1.29, 1.82) is 5.26 Å². The fourth-order valence-electron chi connectivity index (χ4n) is 2.44. The lowest BCUT2D eigenvalue weighted by molar-refractivity contribution is -0.0499. The van der Waals surface area contributed by atoms with Crippen LogP contribution in [0.1, 0.15) is 36.9 Å². The molecule has 6 heteroatoms. The minimum absolute atomic E-state index is 0.0311. The summed E-state index contributed by atoms with van der Waals surface area (Å²) in [6.45, 7) is 0.252. The summed E-state index contributed by atoms with van der Waals surface area (Å²) in [7, 11) is 0. The minimum atomic E-state index is -2.83. The Kier molecular flexibility index (Phi) is 7.84. The van der Waals surface area contributed by atoms with E-state index in [-0.39, 0.29) is 11.8 Å². The molecule has 0 heterocycles. The van der Waals surface area contributed by atoms with Gasteiger partial charge in [0.2, 0.25) is 0 Å². The molecular weight excluding hydrogens is 338 g/mol. The van der Waals surface area contributed by atoms with E-state index in [1.807, 2.05) is 37.3 Å². The first-order valence-corrected chi connectivity index (χ1v) is 8.45. The maximum Gasteiger partial charge on any atom is 0.387 e. The molecule has 26 heavy (non-hydrogen) atoms. The van der Waals surface area contributed by atoms with E-state index >= 15 is 0 Å². The van der Waals surface area contributed by atoms with Crippen molar-refractivity contribution in [3.8, 4) is 17.6 Å². The van der Waals surface area contributed by atoms with Gasteiger partial charge in [0.05, 0.1) is 12.7 Å². The molecule has 0 bridgehead atoms. The molecule has 1 N–H and O–H groups in total. The minimum Gasteiger partial charge on any atom is -0.494 e. The molecule has 0 aliphatic carbocycles. The van der Waals surface area contributed by atoms with Crippen LogP contribution in [0.25, 0.3) is 0 Å². The van der Waals surface area contributed by atoms with Crippen LogP contribution in [0.5, 0.6) is 11.5 Å². The van der Waals surface area contributed by atoms with E-state index in [9.17, 15) is 8.78 Å². The van der Waals surface area contributed by atoms with Gasteiger partial charge < -0.3 is 14.8 Å². The van der Waals surface area contributed by atoms with Crippen molar-refractivity contribution in [3.05, 3.63) is 59.7 Å². The van der Waals surface area contributed by atoms with Gasteiger partial charge in [-0.2, -0.15) is 14.0 Å². The van der Waals surface area contributed by atoms with E-state index < -0.39 is 6.61 Å². The third kappa shape index (κ3) is 6.69. The highest BCUT2D eigenvalue weighted by molar-refractivity contribution is 5.31. The summed E-state index contributed by atoms with van der Waals surface area (Å²) in [5.74, 6) is 0.918. The van der Waals surface area contributed by atoms with Gasteiger partial charge in [0.25, 0.3) is 0 Å². The van der Waals surface area contributed by atoms with Crippen molar-refractivity contribution in [1.82, 2.24) is 5.32 Å². The summed E-state index contributed by atoms with van der Waals surface area (Å²) < 4.78 is 34.7. The average Bonchev–Trinajstić information content (AvgIpc) is 2.63. The standard InChI is InChI=1S/C20H22F2N2O2/c1-15(17-7-5-9-19(13-17)26-20(21)22)24-14-16-6-4-8-18(12-16)25-11-3-2-10-23/h4-9,12-13,15,20,24H,2-3,11,14H2,1H3. The molecule has 0 radical (unpaired) electrons. The van der Waals surface area contributed by atoms with Gasteiger partial charge in [0, 0.05) is 19.0 Å². The number of halogens is 2. The van der Waals surface area contributed by atoms with E-state index in [2.05, 4.69) is 16.1 Å². The molecule has 1 atom stereocenters. The Morgan fingerprint density at radius 3 is 2.65 bits per heavy atom. The Bertz CT molecular complexity index is 732. The number of nitriles is 1. The first-order valence-electron chi connectivity index (χ1n) is 8.45. The molecular formula is C20H22F2N2O2. The molecule has 2 aromatic carbocycles. The molecule has 1 unspecified atom stereocenters. The topological polar surface area (TPSA) is 54.3 Å². The van der Waals surface area contributed by atoms with Crippen LogP contribution >= 0.6 is 0 Å². The zero-order valence-corrected chi connectivity index (χ0v) is 14.6. The Balaban J connectivity index is 1.89. The molecule has 0 amide bonds. The lowest BCUT2D eigenvalue weighted by atomic mass is 10.1. The number of rotatable bonds is 10. The Morgan fingerprint density at radius 1 is 1.12 bits per heavy atom. The van der Waals surface area contributed by atoms with E-state index in [1.165, 1.54) is 6.07 Å². The highest BCUT2D eigenvalue weighted by atomic mass is 19.3. The van der Waals surface area contributed by atoms with Crippen molar-refractivity contribution < 1.29 is 18.3 Å². The highest BCUT2D eigenvalue weighted by Crippen LogP contribution is 2.21. The van der Waals surface area contributed by atoms with Gasteiger partial charge in [-0.25, -0.2) is 0 Å². The molecule has 0 saturated carbocycles. The Morgan fingerprint density at radius 2 is 1.88 bits per heavy atom. The number of hydrogen-bond donors (Lipinski definition) is 1. The number of nitrogens with zero attached hydrogens (tertiary/aromatic N) is 1. The third-order valence-corrected chi connectivity index (χ3v) is 3.80. The SMILES string of the molecule is CC(NCc1cccc(OCCCC#N)c1)c1cccc(OC(F)F)c1. The van der Waals surface area contributed by atoms with Gasteiger partial charge in [0.15, 0.2) is 0 Å². The van der Waals surface area contributed by atoms with Crippen molar-refractivity contribution in [2.45, 2.75) is 39.0 Å². The van der Waals surface area contributed by atoms with Crippen molar-refractivity contribution in [2.75, 3.05) is 6.61 Å². The smallest absolute Gasteiger partial charge is 0.387 e. The van der Waals surface area contributed by atoms with E-state index in [4.69, 9.17) is 10.00 Å². The summed E-state index contributed by atoms with van der Waals surface area (Å²) in [5.41, 5.74) is 1.92. The molecule has 0 fully saturated rings. The first kappa shape index (κ1) is 19.7. The van der Waals surface area contributed by atoms with Crippen LogP contribution in [0, 0.1) is 11.3 Å². The lowest BCUT2D eigenvalue weighted by Crippen LogP contribution is -2.18. The van der Waals surface area contributed by atoms with Crippen molar-refractivity contribution >= 4 is 0 Å². The molecule has 0 aliphatic heterocycles. The summed E-state index contributed by atoms with van der Waals surface area (Å²) in [6, 6.07) is 16.5.